The molecule has 1 N–H and O–H groups in total. The van der Waals surface area contributed by atoms with Crippen LogP contribution in [0.4, 0.5) is 10.1 Å². The van der Waals surface area contributed by atoms with Crippen molar-refractivity contribution in [3.63, 3.8) is 0 Å². The van der Waals surface area contributed by atoms with E-state index < -0.39 is 0 Å². The van der Waals surface area contributed by atoms with Crippen LogP contribution in [0.3, 0.4) is 0 Å². The molecule has 88 valence electrons. The average Bonchev–Trinajstić information content (AvgIpc) is 2.32. The summed E-state index contributed by atoms with van der Waals surface area (Å²) in [4.78, 5) is 0. The number of nitrogens with one attached hydrogen (secondary N) is 1. The van der Waals surface area contributed by atoms with Gasteiger partial charge in [-0.25, -0.2) is 4.39 Å². The molecule has 2 aromatic carbocycles. The van der Waals surface area contributed by atoms with Crippen LogP contribution in [0, 0.1) is 5.82 Å². The first-order valence-corrected chi connectivity index (χ1v) is 6.67. The number of hydrogen-bond donors (Lipinski definition) is 1. The summed E-state index contributed by atoms with van der Waals surface area (Å²) in [6, 6.07) is 12.6. The maximum Gasteiger partial charge on any atom is 0.125 e. The van der Waals surface area contributed by atoms with Gasteiger partial charge >= 0.3 is 0 Å². The van der Waals surface area contributed by atoms with E-state index >= 15 is 0 Å². The van der Waals surface area contributed by atoms with E-state index in [0.717, 1.165) is 20.2 Å². The van der Waals surface area contributed by atoms with Crippen LogP contribution >= 0.6 is 31.9 Å². The number of halogens is 3. The number of anilines is 1. The Hall–Kier alpha value is -0.870. The molecule has 0 atom stereocenters. The van der Waals surface area contributed by atoms with Gasteiger partial charge in [-0.2, -0.15) is 0 Å². The Kier molecular flexibility index (Phi) is 4.18. The third-order valence-electron chi connectivity index (χ3n) is 2.32. The van der Waals surface area contributed by atoms with Gasteiger partial charge in [0.25, 0.3) is 0 Å². The predicted molar refractivity (Wildman–Crippen MR) is 75.6 cm³/mol. The van der Waals surface area contributed by atoms with Gasteiger partial charge in [0.15, 0.2) is 0 Å². The number of rotatable bonds is 3. The molecule has 0 unspecified atom stereocenters. The Labute approximate surface area is 116 Å². The van der Waals surface area contributed by atoms with Gasteiger partial charge in [-0.05, 0) is 51.8 Å². The van der Waals surface area contributed by atoms with Gasteiger partial charge in [-0.1, -0.05) is 28.1 Å². The molecule has 17 heavy (non-hydrogen) atoms. The molecule has 0 aliphatic rings. The molecule has 0 spiro atoms. The first-order valence-electron chi connectivity index (χ1n) is 5.08. The molecule has 0 bridgehead atoms. The number of benzene rings is 2. The van der Waals surface area contributed by atoms with E-state index in [-0.39, 0.29) is 5.82 Å². The summed E-state index contributed by atoms with van der Waals surface area (Å²) in [5.74, 6) is -0.244. The zero-order valence-electron chi connectivity index (χ0n) is 8.88. The van der Waals surface area contributed by atoms with Gasteiger partial charge in [0, 0.05) is 15.5 Å². The molecule has 4 heteroatoms. The SMILES string of the molecule is Fc1ccc(Br)c(NCc2ccc(Br)cc2)c1. The van der Waals surface area contributed by atoms with Crippen LogP contribution in [0.15, 0.2) is 51.4 Å². The summed E-state index contributed by atoms with van der Waals surface area (Å²) in [5.41, 5.74) is 1.90. The maximum atomic E-state index is 13.1. The largest absolute Gasteiger partial charge is 0.380 e. The Bertz CT molecular complexity index is 511. The van der Waals surface area contributed by atoms with E-state index in [1.165, 1.54) is 12.1 Å². The summed E-state index contributed by atoms with van der Waals surface area (Å²) in [5, 5.41) is 3.19. The summed E-state index contributed by atoms with van der Waals surface area (Å²) in [6.07, 6.45) is 0. The minimum absolute atomic E-state index is 0.244. The third kappa shape index (κ3) is 3.54. The average molecular weight is 359 g/mol. The van der Waals surface area contributed by atoms with E-state index in [2.05, 4.69) is 37.2 Å². The zero-order valence-corrected chi connectivity index (χ0v) is 12.1. The molecule has 0 aliphatic carbocycles. The van der Waals surface area contributed by atoms with Gasteiger partial charge in [0.2, 0.25) is 0 Å². The van der Waals surface area contributed by atoms with Crippen LogP contribution in [-0.4, -0.2) is 0 Å². The van der Waals surface area contributed by atoms with Gasteiger partial charge in [0.05, 0.1) is 5.69 Å². The van der Waals surface area contributed by atoms with Crippen LogP contribution in [0.2, 0.25) is 0 Å². The van der Waals surface area contributed by atoms with Crippen molar-refractivity contribution >= 4 is 37.5 Å². The Morgan fingerprint density at radius 3 is 2.41 bits per heavy atom. The lowest BCUT2D eigenvalue weighted by atomic mass is 10.2. The predicted octanol–water partition coefficient (Wildman–Crippen LogP) is 4.96. The third-order valence-corrected chi connectivity index (χ3v) is 3.54. The molecule has 0 saturated carbocycles. The number of hydrogen-bond acceptors (Lipinski definition) is 1. The van der Waals surface area contributed by atoms with E-state index in [4.69, 9.17) is 0 Å². The van der Waals surface area contributed by atoms with Gasteiger partial charge in [-0.15, -0.1) is 0 Å². The fraction of sp³-hybridized carbons (Fsp3) is 0.0769. The molecule has 0 fully saturated rings. The van der Waals surface area contributed by atoms with Crippen molar-refractivity contribution in [2.45, 2.75) is 6.54 Å². The summed E-state index contributed by atoms with van der Waals surface area (Å²) in [7, 11) is 0. The second-order valence-corrected chi connectivity index (χ2v) is 5.37. The molecular weight excluding hydrogens is 349 g/mol. The minimum atomic E-state index is -0.244. The van der Waals surface area contributed by atoms with Crippen LogP contribution in [-0.2, 0) is 6.54 Å². The highest BCUT2D eigenvalue weighted by Crippen LogP contribution is 2.23. The second kappa shape index (κ2) is 5.65. The molecule has 2 aromatic rings. The van der Waals surface area contributed by atoms with Crippen LogP contribution in [0.5, 0.6) is 0 Å². The van der Waals surface area contributed by atoms with Crippen molar-refractivity contribution in [2.75, 3.05) is 5.32 Å². The fourth-order valence-electron chi connectivity index (χ4n) is 1.43. The lowest BCUT2D eigenvalue weighted by Gasteiger charge is -2.08. The molecule has 0 aromatic heterocycles. The normalized spacial score (nSPS) is 10.3. The lowest BCUT2D eigenvalue weighted by Crippen LogP contribution is -2.00. The quantitative estimate of drug-likeness (QED) is 0.817. The van der Waals surface area contributed by atoms with E-state index in [0.29, 0.717) is 6.54 Å². The van der Waals surface area contributed by atoms with Crippen molar-refractivity contribution < 1.29 is 4.39 Å². The molecule has 0 amide bonds. The first-order chi connectivity index (χ1) is 8.15. The minimum Gasteiger partial charge on any atom is -0.380 e. The molecule has 0 radical (unpaired) electrons. The van der Waals surface area contributed by atoms with Gasteiger partial charge in [-0.3, -0.25) is 0 Å². The summed E-state index contributed by atoms with van der Waals surface area (Å²) >= 11 is 6.76. The van der Waals surface area contributed by atoms with E-state index in [1.54, 1.807) is 6.07 Å². The maximum absolute atomic E-state index is 13.1. The standard InChI is InChI=1S/C13H10Br2FN/c14-10-3-1-9(2-4-10)8-17-13-7-11(16)5-6-12(13)15/h1-7,17H,8H2. The van der Waals surface area contributed by atoms with Crippen molar-refractivity contribution in [1.29, 1.82) is 0 Å². The monoisotopic (exact) mass is 357 g/mol. The highest BCUT2D eigenvalue weighted by molar-refractivity contribution is 9.10. The van der Waals surface area contributed by atoms with Crippen molar-refractivity contribution in [2.24, 2.45) is 0 Å². The topological polar surface area (TPSA) is 12.0 Å². The van der Waals surface area contributed by atoms with Crippen LogP contribution < -0.4 is 5.32 Å². The van der Waals surface area contributed by atoms with Crippen molar-refractivity contribution in [3.05, 3.63) is 62.8 Å². The van der Waals surface area contributed by atoms with E-state index in [1.807, 2.05) is 24.3 Å². The summed E-state index contributed by atoms with van der Waals surface area (Å²) in [6.45, 7) is 0.662. The van der Waals surface area contributed by atoms with Crippen LogP contribution in [0.25, 0.3) is 0 Å². The smallest absolute Gasteiger partial charge is 0.125 e. The van der Waals surface area contributed by atoms with Crippen molar-refractivity contribution in [1.82, 2.24) is 0 Å². The Morgan fingerprint density at radius 2 is 1.71 bits per heavy atom. The van der Waals surface area contributed by atoms with Gasteiger partial charge in [0.1, 0.15) is 5.82 Å². The molecule has 0 heterocycles. The lowest BCUT2D eigenvalue weighted by molar-refractivity contribution is 0.628. The molecule has 1 nitrogen and oxygen atoms in total. The fourth-order valence-corrected chi connectivity index (χ4v) is 2.08. The molecule has 0 aliphatic heterocycles. The highest BCUT2D eigenvalue weighted by atomic mass is 79.9. The second-order valence-electron chi connectivity index (χ2n) is 3.60. The molecular formula is C13H10Br2FN. The van der Waals surface area contributed by atoms with E-state index in [9.17, 15) is 4.39 Å². The Morgan fingerprint density at radius 1 is 1.00 bits per heavy atom. The molecule has 0 saturated heterocycles. The van der Waals surface area contributed by atoms with Gasteiger partial charge < -0.3 is 5.32 Å². The van der Waals surface area contributed by atoms with Crippen LogP contribution in [0.1, 0.15) is 5.56 Å². The summed E-state index contributed by atoms with van der Waals surface area (Å²) < 4.78 is 15.0. The Balaban J connectivity index is 2.07. The van der Waals surface area contributed by atoms with Crippen molar-refractivity contribution in [3.8, 4) is 0 Å². The highest BCUT2D eigenvalue weighted by Gasteiger charge is 2.01. The molecule has 2 rings (SSSR count). The zero-order chi connectivity index (χ0) is 12.3. The first kappa shape index (κ1) is 12.6.